The SMILES string of the molecule is Nc1cc(Br)cc(CN(CCO)C2CCCC2)c1. The summed E-state index contributed by atoms with van der Waals surface area (Å²) in [7, 11) is 0. The number of halogens is 1. The van der Waals surface area contributed by atoms with Crippen LogP contribution in [-0.4, -0.2) is 29.2 Å². The molecule has 3 nitrogen and oxygen atoms in total. The average molecular weight is 313 g/mol. The van der Waals surface area contributed by atoms with Crippen LogP contribution in [0.3, 0.4) is 0 Å². The van der Waals surface area contributed by atoms with Gasteiger partial charge in [-0.25, -0.2) is 0 Å². The van der Waals surface area contributed by atoms with Crippen LogP contribution in [0.2, 0.25) is 0 Å². The molecule has 0 spiro atoms. The first-order valence-electron chi connectivity index (χ1n) is 6.59. The van der Waals surface area contributed by atoms with Crippen molar-refractivity contribution in [1.82, 2.24) is 4.90 Å². The van der Waals surface area contributed by atoms with Crippen LogP contribution < -0.4 is 5.73 Å². The molecule has 0 amide bonds. The Balaban J connectivity index is 2.07. The molecule has 1 aliphatic carbocycles. The van der Waals surface area contributed by atoms with Gasteiger partial charge in [-0.2, -0.15) is 0 Å². The van der Waals surface area contributed by atoms with Gasteiger partial charge in [0.25, 0.3) is 0 Å². The molecule has 18 heavy (non-hydrogen) atoms. The van der Waals surface area contributed by atoms with Crippen molar-refractivity contribution in [1.29, 1.82) is 0 Å². The van der Waals surface area contributed by atoms with E-state index >= 15 is 0 Å². The fourth-order valence-electron chi connectivity index (χ4n) is 2.79. The average Bonchev–Trinajstić information content (AvgIpc) is 2.80. The topological polar surface area (TPSA) is 49.5 Å². The highest BCUT2D eigenvalue weighted by Crippen LogP contribution is 2.26. The normalized spacial score (nSPS) is 16.6. The van der Waals surface area contributed by atoms with Crippen LogP contribution in [0.4, 0.5) is 5.69 Å². The van der Waals surface area contributed by atoms with Crippen LogP contribution >= 0.6 is 15.9 Å². The number of hydrogen-bond acceptors (Lipinski definition) is 3. The molecule has 3 N–H and O–H groups in total. The summed E-state index contributed by atoms with van der Waals surface area (Å²) in [6, 6.07) is 6.66. The Labute approximate surface area is 117 Å². The fraction of sp³-hybridized carbons (Fsp3) is 0.571. The van der Waals surface area contributed by atoms with Crippen molar-refractivity contribution in [3.05, 3.63) is 28.2 Å². The summed E-state index contributed by atoms with van der Waals surface area (Å²) in [5, 5.41) is 9.21. The molecule has 1 fully saturated rings. The van der Waals surface area contributed by atoms with Gasteiger partial charge in [-0.1, -0.05) is 28.8 Å². The largest absolute Gasteiger partial charge is 0.399 e. The van der Waals surface area contributed by atoms with Crippen molar-refractivity contribution < 1.29 is 5.11 Å². The van der Waals surface area contributed by atoms with Crippen molar-refractivity contribution in [2.75, 3.05) is 18.9 Å². The maximum Gasteiger partial charge on any atom is 0.0558 e. The van der Waals surface area contributed by atoms with Gasteiger partial charge in [0.1, 0.15) is 0 Å². The maximum absolute atomic E-state index is 9.21. The minimum Gasteiger partial charge on any atom is -0.399 e. The van der Waals surface area contributed by atoms with Crippen LogP contribution in [0.1, 0.15) is 31.2 Å². The van der Waals surface area contributed by atoms with Gasteiger partial charge in [0.15, 0.2) is 0 Å². The molecule has 0 bridgehead atoms. The second-order valence-electron chi connectivity index (χ2n) is 5.03. The highest BCUT2D eigenvalue weighted by atomic mass is 79.9. The third kappa shape index (κ3) is 3.70. The standard InChI is InChI=1S/C14H21BrN2O/c15-12-7-11(8-13(16)9-12)10-17(5-6-18)14-3-1-2-4-14/h7-9,14,18H,1-6,10,16H2. The number of aliphatic hydroxyl groups excluding tert-OH is 1. The van der Waals surface area contributed by atoms with E-state index in [1.807, 2.05) is 12.1 Å². The van der Waals surface area contributed by atoms with Gasteiger partial charge in [0.2, 0.25) is 0 Å². The number of nitrogens with zero attached hydrogens (tertiary/aromatic N) is 1. The Hall–Kier alpha value is -0.580. The predicted molar refractivity (Wildman–Crippen MR) is 78.3 cm³/mol. The lowest BCUT2D eigenvalue weighted by atomic mass is 10.1. The van der Waals surface area contributed by atoms with E-state index in [0.29, 0.717) is 6.04 Å². The molecular formula is C14H21BrN2O. The monoisotopic (exact) mass is 312 g/mol. The molecule has 1 aromatic rings. The van der Waals surface area contributed by atoms with Crippen LogP contribution in [0.25, 0.3) is 0 Å². The highest BCUT2D eigenvalue weighted by Gasteiger charge is 2.22. The third-order valence-electron chi connectivity index (χ3n) is 3.59. The number of rotatable bonds is 5. The van der Waals surface area contributed by atoms with E-state index < -0.39 is 0 Å². The quantitative estimate of drug-likeness (QED) is 0.822. The molecule has 0 radical (unpaired) electrons. The van der Waals surface area contributed by atoms with E-state index in [2.05, 4.69) is 26.9 Å². The third-order valence-corrected chi connectivity index (χ3v) is 4.05. The van der Waals surface area contributed by atoms with Crippen molar-refractivity contribution in [2.45, 2.75) is 38.3 Å². The lowest BCUT2D eigenvalue weighted by molar-refractivity contribution is 0.145. The molecule has 4 heteroatoms. The van der Waals surface area contributed by atoms with Gasteiger partial charge in [-0.3, -0.25) is 4.90 Å². The van der Waals surface area contributed by atoms with Crippen LogP contribution in [0, 0.1) is 0 Å². The molecule has 2 rings (SSSR count). The van der Waals surface area contributed by atoms with Gasteiger partial charge >= 0.3 is 0 Å². The summed E-state index contributed by atoms with van der Waals surface area (Å²) < 4.78 is 1.02. The van der Waals surface area contributed by atoms with E-state index in [1.54, 1.807) is 0 Å². The van der Waals surface area contributed by atoms with Gasteiger partial charge in [-0.05, 0) is 36.6 Å². The summed E-state index contributed by atoms with van der Waals surface area (Å²) in [5.41, 5.74) is 7.86. The summed E-state index contributed by atoms with van der Waals surface area (Å²) >= 11 is 3.48. The van der Waals surface area contributed by atoms with Crippen molar-refractivity contribution in [3.8, 4) is 0 Å². The molecule has 1 aromatic carbocycles. The van der Waals surface area contributed by atoms with E-state index in [4.69, 9.17) is 5.73 Å². The number of aliphatic hydroxyl groups is 1. The van der Waals surface area contributed by atoms with Crippen LogP contribution in [0.5, 0.6) is 0 Å². The molecule has 1 aliphatic rings. The van der Waals surface area contributed by atoms with E-state index in [9.17, 15) is 5.11 Å². The molecule has 0 saturated heterocycles. The smallest absolute Gasteiger partial charge is 0.0558 e. The number of nitrogens with two attached hydrogens (primary N) is 1. The Kier molecular flexibility index (Phi) is 5.03. The number of hydrogen-bond donors (Lipinski definition) is 2. The minimum atomic E-state index is 0.222. The van der Waals surface area contributed by atoms with Crippen molar-refractivity contribution in [3.63, 3.8) is 0 Å². The molecule has 0 atom stereocenters. The number of nitrogen functional groups attached to an aromatic ring is 1. The van der Waals surface area contributed by atoms with E-state index in [-0.39, 0.29) is 6.61 Å². The van der Waals surface area contributed by atoms with E-state index in [1.165, 1.54) is 31.2 Å². The van der Waals surface area contributed by atoms with Gasteiger partial charge < -0.3 is 10.8 Å². The fourth-order valence-corrected chi connectivity index (χ4v) is 3.35. The maximum atomic E-state index is 9.21. The number of benzene rings is 1. The minimum absolute atomic E-state index is 0.222. The molecule has 0 aliphatic heterocycles. The second kappa shape index (κ2) is 6.55. The molecule has 0 unspecified atom stereocenters. The molecule has 0 heterocycles. The second-order valence-corrected chi connectivity index (χ2v) is 5.94. The summed E-state index contributed by atoms with van der Waals surface area (Å²) in [4.78, 5) is 2.38. The Morgan fingerprint density at radius 1 is 1.28 bits per heavy atom. The zero-order valence-electron chi connectivity index (χ0n) is 10.6. The predicted octanol–water partition coefficient (Wildman–Crippen LogP) is 2.77. The molecule has 1 saturated carbocycles. The molecule has 0 aromatic heterocycles. The lowest BCUT2D eigenvalue weighted by Crippen LogP contribution is -2.35. The molecule has 100 valence electrons. The van der Waals surface area contributed by atoms with Crippen molar-refractivity contribution in [2.24, 2.45) is 0 Å². The van der Waals surface area contributed by atoms with Crippen LogP contribution in [0.15, 0.2) is 22.7 Å². The zero-order valence-corrected chi connectivity index (χ0v) is 12.2. The Morgan fingerprint density at radius 3 is 2.61 bits per heavy atom. The number of anilines is 1. The first-order valence-corrected chi connectivity index (χ1v) is 7.38. The lowest BCUT2D eigenvalue weighted by Gasteiger charge is -2.28. The zero-order chi connectivity index (χ0) is 13.0. The van der Waals surface area contributed by atoms with E-state index in [0.717, 1.165) is 23.2 Å². The van der Waals surface area contributed by atoms with Gasteiger partial charge in [-0.15, -0.1) is 0 Å². The summed E-state index contributed by atoms with van der Waals surface area (Å²) in [6.07, 6.45) is 5.13. The van der Waals surface area contributed by atoms with Crippen LogP contribution in [-0.2, 0) is 6.54 Å². The van der Waals surface area contributed by atoms with Crippen molar-refractivity contribution >= 4 is 21.6 Å². The highest BCUT2D eigenvalue weighted by molar-refractivity contribution is 9.10. The molecular weight excluding hydrogens is 292 g/mol. The first-order chi connectivity index (χ1) is 8.69. The Bertz CT molecular complexity index is 371. The Morgan fingerprint density at radius 2 is 2.00 bits per heavy atom. The van der Waals surface area contributed by atoms with Gasteiger partial charge in [0, 0.05) is 29.3 Å². The summed E-state index contributed by atoms with van der Waals surface area (Å²) in [6.45, 7) is 1.84. The first kappa shape index (κ1) is 13.8. The summed E-state index contributed by atoms with van der Waals surface area (Å²) in [5.74, 6) is 0. The van der Waals surface area contributed by atoms with Gasteiger partial charge in [0.05, 0.1) is 6.61 Å².